The minimum Gasteiger partial charge on any atom is -0.396 e. The summed E-state index contributed by atoms with van der Waals surface area (Å²) in [6, 6.07) is 1.85. The van der Waals surface area contributed by atoms with E-state index in [0.29, 0.717) is 11.8 Å². The van der Waals surface area contributed by atoms with Gasteiger partial charge in [-0.3, -0.25) is 4.79 Å². The number of aliphatic hydroxyl groups is 1. The van der Waals surface area contributed by atoms with Gasteiger partial charge in [0.2, 0.25) is 5.91 Å². The highest BCUT2D eigenvalue weighted by atomic mass is 16.3. The molecular formula is C11H19N3O2. The van der Waals surface area contributed by atoms with Crippen LogP contribution in [0.15, 0.2) is 0 Å². The van der Waals surface area contributed by atoms with Crippen molar-refractivity contribution in [2.45, 2.75) is 19.3 Å². The Morgan fingerprint density at radius 3 is 2.88 bits per heavy atom. The third kappa shape index (κ3) is 4.17. The van der Waals surface area contributed by atoms with Gasteiger partial charge in [-0.15, -0.1) is 0 Å². The van der Waals surface area contributed by atoms with E-state index in [-0.39, 0.29) is 25.6 Å². The zero-order valence-corrected chi connectivity index (χ0v) is 9.41. The van der Waals surface area contributed by atoms with Crippen molar-refractivity contribution >= 4 is 5.91 Å². The van der Waals surface area contributed by atoms with E-state index in [1.807, 2.05) is 6.07 Å². The second-order valence-electron chi connectivity index (χ2n) is 4.20. The Balaban J connectivity index is 2.10. The summed E-state index contributed by atoms with van der Waals surface area (Å²) in [6.07, 6.45) is 3.37. The molecule has 1 aliphatic carbocycles. The lowest BCUT2D eigenvalue weighted by molar-refractivity contribution is -0.120. The van der Waals surface area contributed by atoms with Crippen LogP contribution in [0.2, 0.25) is 0 Å². The Kier molecular flexibility index (Phi) is 5.83. The van der Waals surface area contributed by atoms with Gasteiger partial charge in [0.25, 0.3) is 0 Å². The Hall–Kier alpha value is -1.12. The first-order valence-electron chi connectivity index (χ1n) is 5.73. The maximum Gasteiger partial charge on any atom is 0.234 e. The van der Waals surface area contributed by atoms with E-state index < -0.39 is 0 Å². The van der Waals surface area contributed by atoms with Crippen LogP contribution >= 0.6 is 0 Å². The van der Waals surface area contributed by atoms with E-state index in [1.165, 1.54) is 0 Å². The van der Waals surface area contributed by atoms with E-state index >= 15 is 0 Å². The number of carbonyl (C=O) groups excluding carboxylic acids is 1. The number of aliphatic hydroxyl groups excluding tert-OH is 1. The Morgan fingerprint density at radius 1 is 1.44 bits per heavy atom. The minimum atomic E-state index is -0.153. The van der Waals surface area contributed by atoms with Crippen molar-refractivity contribution in [2.24, 2.45) is 11.8 Å². The quantitative estimate of drug-likeness (QED) is 0.538. The lowest BCUT2D eigenvalue weighted by Gasteiger charge is -2.17. The zero-order chi connectivity index (χ0) is 11.8. The van der Waals surface area contributed by atoms with Gasteiger partial charge in [-0.2, -0.15) is 5.26 Å². The van der Waals surface area contributed by atoms with Crippen LogP contribution in [0.4, 0.5) is 0 Å². The highest BCUT2D eigenvalue weighted by Gasteiger charge is 2.25. The third-order valence-corrected chi connectivity index (χ3v) is 3.11. The van der Waals surface area contributed by atoms with Crippen molar-refractivity contribution in [1.82, 2.24) is 10.6 Å². The van der Waals surface area contributed by atoms with Gasteiger partial charge in [0, 0.05) is 6.61 Å². The summed E-state index contributed by atoms with van der Waals surface area (Å²) in [5.74, 6) is 0.712. The largest absolute Gasteiger partial charge is 0.396 e. The van der Waals surface area contributed by atoms with Gasteiger partial charge in [-0.05, 0) is 31.2 Å². The number of rotatable bonds is 6. The van der Waals surface area contributed by atoms with Crippen LogP contribution in [-0.4, -0.2) is 37.3 Å². The first-order chi connectivity index (χ1) is 7.77. The zero-order valence-electron chi connectivity index (χ0n) is 9.41. The number of nitrogens with one attached hydrogen (secondary N) is 2. The summed E-state index contributed by atoms with van der Waals surface area (Å²) >= 11 is 0. The fourth-order valence-corrected chi connectivity index (χ4v) is 2.19. The molecule has 1 amide bonds. The van der Waals surface area contributed by atoms with Gasteiger partial charge in [0.05, 0.1) is 12.6 Å². The van der Waals surface area contributed by atoms with E-state index in [2.05, 4.69) is 10.6 Å². The van der Waals surface area contributed by atoms with Crippen LogP contribution in [0, 0.1) is 23.2 Å². The summed E-state index contributed by atoms with van der Waals surface area (Å²) in [5.41, 5.74) is 0. The van der Waals surface area contributed by atoms with Crippen molar-refractivity contribution in [1.29, 1.82) is 5.26 Å². The van der Waals surface area contributed by atoms with Crippen LogP contribution in [0.5, 0.6) is 0 Å². The lowest BCUT2D eigenvalue weighted by Crippen LogP contribution is -2.37. The van der Waals surface area contributed by atoms with E-state index in [4.69, 9.17) is 10.4 Å². The number of amides is 1. The highest BCUT2D eigenvalue weighted by molar-refractivity contribution is 5.78. The van der Waals surface area contributed by atoms with Gasteiger partial charge >= 0.3 is 0 Å². The molecule has 5 heteroatoms. The summed E-state index contributed by atoms with van der Waals surface area (Å²) in [6.45, 7) is 1.32. The molecule has 1 rings (SSSR count). The third-order valence-electron chi connectivity index (χ3n) is 3.11. The normalized spacial score (nSPS) is 24.0. The number of nitrogens with zero attached hydrogens (tertiary/aromatic N) is 1. The van der Waals surface area contributed by atoms with Crippen molar-refractivity contribution in [3.63, 3.8) is 0 Å². The van der Waals surface area contributed by atoms with E-state index in [1.54, 1.807) is 0 Å². The van der Waals surface area contributed by atoms with E-state index in [9.17, 15) is 4.79 Å². The number of hydrogen-bond acceptors (Lipinski definition) is 4. The minimum absolute atomic E-state index is 0.0587. The molecule has 0 aromatic rings. The summed E-state index contributed by atoms with van der Waals surface area (Å²) in [7, 11) is 0. The fourth-order valence-electron chi connectivity index (χ4n) is 2.19. The molecule has 0 aromatic heterocycles. The van der Waals surface area contributed by atoms with Gasteiger partial charge in [0.1, 0.15) is 6.54 Å². The van der Waals surface area contributed by atoms with Crippen LogP contribution < -0.4 is 10.6 Å². The Morgan fingerprint density at radius 2 is 2.19 bits per heavy atom. The van der Waals surface area contributed by atoms with E-state index in [0.717, 1.165) is 25.8 Å². The second-order valence-corrected chi connectivity index (χ2v) is 4.20. The molecule has 0 saturated heterocycles. The van der Waals surface area contributed by atoms with Crippen molar-refractivity contribution in [2.75, 3.05) is 26.2 Å². The van der Waals surface area contributed by atoms with Crippen LogP contribution in [-0.2, 0) is 4.79 Å². The first kappa shape index (κ1) is 12.9. The average molecular weight is 225 g/mol. The van der Waals surface area contributed by atoms with Crippen LogP contribution in [0.1, 0.15) is 19.3 Å². The molecule has 0 aromatic carbocycles. The SMILES string of the molecule is N#CCNC(=O)CNCC1CCCC1CO. The highest BCUT2D eigenvalue weighted by Crippen LogP contribution is 2.30. The maximum absolute atomic E-state index is 11.2. The smallest absolute Gasteiger partial charge is 0.234 e. The van der Waals surface area contributed by atoms with Crippen LogP contribution in [0.25, 0.3) is 0 Å². The van der Waals surface area contributed by atoms with Crippen LogP contribution in [0.3, 0.4) is 0 Å². The summed E-state index contributed by atoms with van der Waals surface area (Å²) < 4.78 is 0. The molecule has 16 heavy (non-hydrogen) atoms. The van der Waals surface area contributed by atoms with Crippen molar-refractivity contribution in [3.8, 4) is 6.07 Å². The topological polar surface area (TPSA) is 85.2 Å². The van der Waals surface area contributed by atoms with Crippen molar-refractivity contribution in [3.05, 3.63) is 0 Å². The monoisotopic (exact) mass is 225 g/mol. The Bertz CT molecular complexity index is 262. The Labute approximate surface area is 95.8 Å². The molecule has 90 valence electrons. The fraction of sp³-hybridized carbons (Fsp3) is 0.818. The molecule has 0 aliphatic heterocycles. The number of hydrogen-bond donors (Lipinski definition) is 3. The molecule has 2 atom stereocenters. The average Bonchev–Trinajstić information content (AvgIpc) is 2.74. The predicted molar refractivity (Wildman–Crippen MR) is 59.4 cm³/mol. The molecular weight excluding hydrogens is 206 g/mol. The summed E-state index contributed by atoms with van der Waals surface area (Å²) in [4.78, 5) is 11.2. The molecule has 3 N–H and O–H groups in total. The molecule has 0 spiro atoms. The molecule has 1 saturated carbocycles. The molecule has 0 bridgehead atoms. The molecule has 5 nitrogen and oxygen atoms in total. The first-order valence-corrected chi connectivity index (χ1v) is 5.73. The molecule has 0 radical (unpaired) electrons. The van der Waals surface area contributed by atoms with Gasteiger partial charge in [-0.25, -0.2) is 0 Å². The molecule has 0 heterocycles. The molecule has 1 aliphatic rings. The molecule has 1 fully saturated rings. The predicted octanol–water partition coefficient (Wildman–Crippen LogP) is -0.376. The van der Waals surface area contributed by atoms with Gasteiger partial charge in [-0.1, -0.05) is 6.42 Å². The maximum atomic E-state index is 11.2. The number of nitriles is 1. The lowest BCUT2D eigenvalue weighted by atomic mass is 9.97. The standard InChI is InChI=1S/C11H19N3O2/c12-4-5-14-11(16)7-13-6-9-2-1-3-10(9)8-15/h9-10,13,15H,1-3,5-8H2,(H,14,16). The van der Waals surface area contributed by atoms with Crippen molar-refractivity contribution < 1.29 is 9.90 Å². The second kappa shape index (κ2) is 7.20. The summed E-state index contributed by atoms with van der Waals surface area (Å²) in [5, 5.41) is 22.9. The van der Waals surface area contributed by atoms with Gasteiger partial charge in [0.15, 0.2) is 0 Å². The van der Waals surface area contributed by atoms with Gasteiger partial charge < -0.3 is 15.7 Å². The number of carbonyl (C=O) groups is 1. The molecule has 2 unspecified atom stereocenters.